The lowest BCUT2D eigenvalue weighted by Crippen LogP contribution is -2.52. The van der Waals surface area contributed by atoms with E-state index in [1.54, 1.807) is 0 Å². The summed E-state index contributed by atoms with van der Waals surface area (Å²) in [6.07, 6.45) is 3.80. The van der Waals surface area contributed by atoms with Crippen LogP contribution in [0.1, 0.15) is 24.8 Å². The van der Waals surface area contributed by atoms with Crippen molar-refractivity contribution in [1.29, 1.82) is 0 Å². The first-order valence-electron chi connectivity index (χ1n) is 9.23. The molecule has 2 unspecified atom stereocenters. The molecule has 9 nitrogen and oxygen atoms in total. The number of carbonyl (C=O) groups excluding carboxylic acids is 2. The molecule has 2 amide bonds. The zero-order valence-corrected chi connectivity index (χ0v) is 15.6. The Kier molecular flexibility index (Phi) is 7.97. The summed E-state index contributed by atoms with van der Waals surface area (Å²) in [5.74, 6) is -2.17. The van der Waals surface area contributed by atoms with Crippen LogP contribution in [0.5, 0.6) is 0 Å². The quantitative estimate of drug-likeness (QED) is 0.293. The number of carboxylic acid groups (broad SMARTS) is 1. The number of rotatable bonds is 11. The van der Waals surface area contributed by atoms with Crippen LogP contribution in [0.2, 0.25) is 0 Å². The van der Waals surface area contributed by atoms with E-state index in [-0.39, 0.29) is 0 Å². The highest BCUT2D eigenvalue weighted by molar-refractivity contribution is 5.91. The minimum Gasteiger partial charge on any atom is -0.480 e. The van der Waals surface area contributed by atoms with Crippen molar-refractivity contribution in [1.82, 2.24) is 15.6 Å². The van der Waals surface area contributed by atoms with Gasteiger partial charge in [-0.05, 0) is 43.9 Å². The number of aromatic amines is 1. The number of carboxylic acids is 1. The smallest absolute Gasteiger partial charge is 0.322 e. The molecular formula is C19H27N5O4. The van der Waals surface area contributed by atoms with Gasteiger partial charge >= 0.3 is 5.97 Å². The minimum atomic E-state index is -1.16. The molecule has 0 aliphatic carbocycles. The van der Waals surface area contributed by atoms with Gasteiger partial charge in [0.25, 0.3) is 0 Å². The van der Waals surface area contributed by atoms with E-state index in [0.29, 0.717) is 32.2 Å². The van der Waals surface area contributed by atoms with Crippen molar-refractivity contribution in [3.8, 4) is 0 Å². The molecule has 0 bridgehead atoms. The number of aromatic nitrogens is 1. The molecule has 28 heavy (non-hydrogen) atoms. The van der Waals surface area contributed by atoms with Crippen LogP contribution >= 0.6 is 0 Å². The Morgan fingerprint density at radius 3 is 2.61 bits per heavy atom. The third-order valence-electron chi connectivity index (χ3n) is 4.45. The number of fused-ring (bicyclic) bond motifs is 1. The van der Waals surface area contributed by atoms with Crippen molar-refractivity contribution < 1.29 is 19.5 Å². The van der Waals surface area contributed by atoms with Gasteiger partial charge in [-0.15, -0.1) is 0 Å². The number of amides is 2. The predicted octanol–water partition coefficient (Wildman–Crippen LogP) is -0.148. The molecule has 1 aromatic heterocycles. The number of unbranched alkanes of at least 4 members (excludes halogenated alkanes) is 1. The fraction of sp³-hybridized carbons (Fsp3) is 0.421. The maximum Gasteiger partial charge on any atom is 0.322 e. The van der Waals surface area contributed by atoms with Crippen molar-refractivity contribution in [2.24, 2.45) is 11.5 Å². The lowest BCUT2D eigenvalue weighted by Gasteiger charge is -2.20. The highest BCUT2D eigenvalue weighted by atomic mass is 16.4. The SMILES string of the molecule is NCCCCC(NC(=O)C(N)Cc1c[nH]c2ccccc12)C(=O)NCC(=O)O. The number of carbonyl (C=O) groups is 3. The van der Waals surface area contributed by atoms with Crippen LogP contribution in [0.3, 0.4) is 0 Å². The Morgan fingerprint density at radius 2 is 1.89 bits per heavy atom. The molecule has 0 spiro atoms. The standard InChI is InChI=1S/C19H27N5O4/c20-8-4-3-7-16(19(28)23-11-17(25)26)24-18(27)14(21)9-12-10-22-15-6-2-1-5-13(12)15/h1-2,5-6,10,14,16,22H,3-4,7-9,11,20-21H2,(H,23,28)(H,24,27)(H,25,26). The molecule has 2 atom stereocenters. The molecule has 1 aromatic carbocycles. The number of aliphatic carboxylic acids is 1. The first-order valence-corrected chi connectivity index (χ1v) is 9.23. The predicted molar refractivity (Wildman–Crippen MR) is 105 cm³/mol. The van der Waals surface area contributed by atoms with E-state index in [2.05, 4.69) is 15.6 Å². The second kappa shape index (κ2) is 10.4. The molecule has 9 heteroatoms. The molecular weight excluding hydrogens is 362 g/mol. The lowest BCUT2D eigenvalue weighted by molar-refractivity contribution is -0.138. The zero-order valence-electron chi connectivity index (χ0n) is 15.6. The summed E-state index contributed by atoms with van der Waals surface area (Å²) in [5.41, 5.74) is 13.4. The summed E-state index contributed by atoms with van der Waals surface area (Å²) in [6, 6.07) is 6.00. The van der Waals surface area contributed by atoms with Gasteiger partial charge in [-0.3, -0.25) is 14.4 Å². The van der Waals surface area contributed by atoms with Gasteiger partial charge in [-0.25, -0.2) is 0 Å². The summed E-state index contributed by atoms with van der Waals surface area (Å²) < 4.78 is 0. The second-order valence-electron chi connectivity index (χ2n) is 6.63. The van der Waals surface area contributed by atoms with E-state index in [1.165, 1.54) is 0 Å². The van der Waals surface area contributed by atoms with Crippen LogP contribution in [0, 0.1) is 0 Å². The van der Waals surface area contributed by atoms with Gasteiger partial charge in [-0.1, -0.05) is 18.2 Å². The second-order valence-corrected chi connectivity index (χ2v) is 6.63. The Hall–Kier alpha value is -2.91. The Bertz CT molecular complexity index is 820. The number of nitrogens with one attached hydrogen (secondary N) is 3. The number of hydrogen-bond donors (Lipinski definition) is 6. The molecule has 2 rings (SSSR count). The average Bonchev–Trinajstić information content (AvgIpc) is 3.08. The molecule has 1 heterocycles. The van der Waals surface area contributed by atoms with Crippen molar-refractivity contribution in [2.75, 3.05) is 13.1 Å². The third-order valence-corrected chi connectivity index (χ3v) is 4.45. The Morgan fingerprint density at radius 1 is 1.14 bits per heavy atom. The van der Waals surface area contributed by atoms with E-state index in [1.807, 2.05) is 30.5 Å². The number of benzene rings is 1. The number of nitrogens with two attached hydrogens (primary N) is 2. The molecule has 0 fully saturated rings. The maximum atomic E-state index is 12.5. The largest absolute Gasteiger partial charge is 0.480 e. The lowest BCUT2D eigenvalue weighted by atomic mass is 10.0. The summed E-state index contributed by atoms with van der Waals surface area (Å²) in [5, 5.41) is 14.6. The molecule has 2 aromatic rings. The van der Waals surface area contributed by atoms with E-state index in [0.717, 1.165) is 16.5 Å². The van der Waals surface area contributed by atoms with E-state index < -0.39 is 36.4 Å². The summed E-state index contributed by atoms with van der Waals surface area (Å²) in [6.45, 7) is -0.0407. The summed E-state index contributed by atoms with van der Waals surface area (Å²) in [4.78, 5) is 38.5. The first kappa shape index (κ1) is 21.4. The van der Waals surface area contributed by atoms with Gasteiger partial charge in [0.15, 0.2) is 0 Å². The van der Waals surface area contributed by atoms with Gasteiger partial charge in [0.05, 0.1) is 6.04 Å². The topological polar surface area (TPSA) is 163 Å². The minimum absolute atomic E-state index is 0.308. The molecule has 0 aliphatic heterocycles. The van der Waals surface area contributed by atoms with Crippen LogP contribution in [0.15, 0.2) is 30.5 Å². The van der Waals surface area contributed by atoms with Crippen LogP contribution in [0.25, 0.3) is 10.9 Å². The van der Waals surface area contributed by atoms with Crippen LogP contribution < -0.4 is 22.1 Å². The molecule has 0 saturated heterocycles. The van der Waals surface area contributed by atoms with E-state index >= 15 is 0 Å². The van der Waals surface area contributed by atoms with Gasteiger partial charge in [0, 0.05) is 17.1 Å². The van der Waals surface area contributed by atoms with Gasteiger partial charge < -0.3 is 32.2 Å². The fourth-order valence-corrected chi connectivity index (χ4v) is 2.96. The summed E-state index contributed by atoms with van der Waals surface area (Å²) >= 11 is 0. The van der Waals surface area contributed by atoms with Crippen molar-refractivity contribution in [3.63, 3.8) is 0 Å². The molecule has 0 aliphatic rings. The van der Waals surface area contributed by atoms with Crippen molar-refractivity contribution >= 4 is 28.7 Å². The van der Waals surface area contributed by atoms with Crippen molar-refractivity contribution in [2.45, 2.75) is 37.8 Å². The normalized spacial score (nSPS) is 13.1. The molecule has 0 saturated carbocycles. The third kappa shape index (κ3) is 6.07. The number of para-hydroxylation sites is 1. The fourth-order valence-electron chi connectivity index (χ4n) is 2.96. The van der Waals surface area contributed by atoms with Crippen LogP contribution in [0.4, 0.5) is 0 Å². The van der Waals surface area contributed by atoms with Crippen molar-refractivity contribution in [3.05, 3.63) is 36.0 Å². The summed E-state index contributed by atoms with van der Waals surface area (Å²) in [7, 11) is 0. The highest BCUT2D eigenvalue weighted by Gasteiger charge is 2.24. The van der Waals surface area contributed by atoms with Gasteiger partial charge in [-0.2, -0.15) is 0 Å². The molecule has 0 radical (unpaired) electrons. The monoisotopic (exact) mass is 389 g/mol. The highest BCUT2D eigenvalue weighted by Crippen LogP contribution is 2.18. The van der Waals surface area contributed by atoms with E-state index in [4.69, 9.17) is 16.6 Å². The molecule has 152 valence electrons. The van der Waals surface area contributed by atoms with E-state index in [9.17, 15) is 14.4 Å². The number of hydrogen-bond acceptors (Lipinski definition) is 5. The van der Waals surface area contributed by atoms with Crippen LogP contribution in [-0.2, 0) is 20.8 Å². The maximum absolute atomic E-state index is 12.5. The van der Waals surface area contributed by atoms with Gasteiger partial charge in [0.1, 0.15) is 12.6 Å². The van der Waals surface area contributed by atoms with Crippen LogP contribution in [-0.4, -0.2) is 53.0 Å². The first-order chi connectivity index (χ1) is 13.4. The Balaban J connectivity index is 1.99. The number of H-pyrrole nitrogens is 1. The zero-order chi connectivity index (χ0) is 20.5. The Labute approximate surface area is 162 Å². The van der Waals surface area contributed by atoms with Gasteiger partial charge in [0.2, 0.25) is 11.8 Å². The average molecular weight is 389 g/mol. The molecule has 8 N–H and O–H groups in total.